The van der Waals surface area contributed by atoms with Crippen molar-refractivity contribution in [2.24, 2.45) is 11.8 Å². The van der Waals surface area contributed by atoms with E-state index in [1.54, 1.807) is 50.8 Å². The van der Waals surface area contributed by atoms with Crippen LogP contribution < -0.4 is 4.72 Å². The van der Waals surface area contributed by atoms with Gasteiger partial charge in [-0.3, -0.25) is 4.79 Å². The zero-order valence-corrected chi connectivity index (χ0v) is 19.4. The lowest BCUT2D eigenvalue weighted by molar-refractivity contribution is -0.137. The average molecular weight is 437 g/mol. The third kappa shape index (κ3) is 6.55. The quantitative estimate of drug-likeness (QED) is 0.604. The highest BCUT2D eigenvalue weighted by Gasteiger charge is 2.31. The van der Waals surface area contributed by atoms with Gasteiger partial charge >= 0.3 is 0 Å². The topological polar surface area (TPSA) is 66.5 Å². The lowest BCUT2D eigenvalue weighted by Crippen LogP contribution is -2.54. The number of hydrogen-bond donors (Lipinski definition) is 1. The average Bonchev–Trinajstić information content (AvgIpc) is 3.52. The summed E-state index contributed by atoms with van der Waals surface area (Å²) in [5.41, 5.74) is 0.776. The van der Waals surface area contributed by atoms with Gasteiger partial charge in [0.1, 0.15) is 5.82 Å². The van der Waals surface area contributed by atoms with Gasteiger partial charge in [-0.15, -0.1) is 0 Å². The second kappa shape index (κ2) is 10.4. The molecule has 1 aromatic rings. The van der Waals surface area contributed by atoms with Crippen LogP contribution in [0.5, 0.6) is 0 Å². The molecule has 1 aromatic carbocycles. The van der Waals surface area contributed by atoms with Crippen molar-refractivity contribution in [1.29, 1.82) is 0 Å². The van der Waals surface area contributed by atoms with E-state index in [-0.39, 0.29) is 24.0 Å². The van der Waals surface area contributed by atoms with Crippen LogP contribution in [0.25, 0.3) is 0 Å². The molecule has 7 heteroatoms. The highest BCUT2D eigenvalue weighted by molar-refractivity contribution is 7.89. The van der Waals surface area contributed by atoms with Crippen LogP contribution >= 0.6 is 0 Å². The van der Waals surface area contributed by atoms with Gasteiger partial charge in [0.15, 0.2) is 0 Å². The molecule has 0 saturated heterocycles. The van der Waals surface area contributed by atoms with Crippen LogP contribution in [0.1, 0.15) is 58.6 Å². The van der Waals surface area contributed by atoms with Crippen molar-refractivity contribution in [3.63, 3.8) is 0 Å². The molecule has 0 radical (unpaired) electrons. The van der Waals surface area contributed by atoms with Crippen molar-refractivity contribution in [3.8, 4) is 11.8 Å². The first-order chi connectivity index (χ1) is 14.1. The Balaban J connectivity index is 2.38. The van der Waals surface area contributed by atoms with Crippen LogP contribution in [0.4, 0.5) is 4.39 Å². The molecule has 1 fully saturated rings. The Morgan fingerprint density at radius 3 is 2.47 bits per heavy atom. The molecule has 2 rings (SSSR count). The number of amides is 1. The molecule has 5 nitrogen and oxygen atoms in total. The monoisotopic (exact) mass is 436 g/mol. The van der Waals surface area contributed by atoms with E-state index >= 15 is 4.39 Å². The Labute approximate surface area is 180 Å². The summed E-state index contributed by atoms with van der Waals surface area (Å²) in [4.78, 5) is 14.5. The first kappa shape index (κ1) is 24.4. The molecular formula is C23H33FN2O3S. The fraction of sp³-hybridized carbons (Fsp3) is 0.609. The van der Waals surface area contributed by atoms with Crippen LogP contribution in [0.3, 0.4) is 0 Å². The van der Waals surface area contributed by atoms with E-state index in [2.05, 4.69) is 16.6 Å². The molecule has 1 amide bonds. The van der Waals surface area contributed by atoms with Crippen molar-refractivity contribution in [2.75, 3.05) is 12.3 Å². The number of nitrogens with zero attached hydrogens (tertiary/aromatic N) is 1. The van der Waals surface area contributed by atoms with Gasteiger partial charge in [0.25, 0.3) is 0 Å². The molecule has 2 atom stereocenters. The van der Waals surface area contributed by atoms with Gasteiger partial charge in [0.05, 0.1) is 17.4 Å². The molecule has 0 heterocycles. The molecule has 30 heavy (non-hydrogen) atoms. The minimum atomic E-state index is -3.48. The van der Waals surface area contributed by atoms with Gasteiger partial charge in [0.2, 0.25) is 15.9 Å². The number of nitrogens with one attached hydrogen (secondary N) is 1. The van der Waals surface area contributed by atoms with Gasteiger partial charge in [-0.05, 0) is 51.7 Å². The third-order valence-electron chi connectivity index (χ3n) is 5.34. The Kier molecular flexibility index (Phi) is 8.45. The molecular weight excluding hydrogens is 403 g/mol. The van der Waals surface area contributed by atoms with Gasteiger partial charge in [-0.25, -0.2) is 17.5 Å². The number of likely N-dealkylation sites (N-methyl/N-ethyl adjacent to an activating group) is 1. The normalized spacial score (nSPS) is 16.0. The summed E-state index contributed by atoms with van der Waals surface area (Å²) in [5.74, 6) is 5.58. The lowest BCUT2D eigenvalue weighted by Gasteiger charge is -2.36. The summed E-state index contributed by atoms with van der Waals surface area (Å²) in [7, 11) is -3.48. The number of carbonyl (C=O) groups excluding carboxylic acids is 1. The van der Waals surface area contributed by atoms with E-state index in [0.717, 1.165) is 12.8 Å². The lowest BCUT2D eigenvalue weighted by atomic mass is 9.96. The number of halogens is 1. The van der Waals surface area contributed by atoms with Crippen molar-refractivity contribution in [3.05, 3.63) is 35.1 Å². The summed E-state index contributed by atoms with van der Waals surface area (Å²) >= 11 is 0. The number of sulfonamides is 1. The second-order valence-corrected chi connectivity index (χ2v) is 10.2. The van der Waals surface area contributed by atoms with E-state index in [1.165, 1.54) is 0 Å². The Morgan fingerprint density at radius 1 is 1.27 bits per heavy atom. The summed E-state index contributed by atoms with van der Waals surface area (Å²) in [5, 5.41) is 0. The van der Waals surface area contributed by atoms with E-state index in [9.17, 15) is 13.2 Å². The first-order valence-electron chi connectivity index (χ1n) is 10.7. The van der Waals surface area contributed by atoms with Crippen LogP contribution in [0, 0.1) is 29.5 Å². The van der Waals surface area contributed by atoms with E-state index in [4.69, 9.17) is 0 Å². The third-order valence-corrected chi connectivity index (χ3v) is 6.83. The summed E-state index contributed by atoms with van der Waals surface area (Å²) < 4.78 is 42.1. The van der Waals surface area contributed by atoms with E-state index in [1.807, 2.05) is 6.92 Å². The predicted octanol–water partition coefficient (Wildman–Crippen LogP) is 3.33. The van der Waals surface area contributed by atoms with Crippen LogP contribution in [-0.2, 0) is 21.2 Å². The molecule has 0 aliphatic heterocycles. The summed E-state index contributed by atoms with van der Waals surface area (Å²) in [6.07, 6.45) is 2.33. The zero-order chi connectivity index (χ0) is 22.5. The van der Waals surface area contributed by atoms with E-state index < -0.39 is 27.9 Å². The number of carbonyl (C=O) groups is 1. The fourth-order valence-electron chi connectivity index (χ4n) is 3.35. The van der Waals surface area contributed by atoms with Crippen LogP contribution in [0.15, 0.2) is 18.2 Å². The van der Waals surface area contributed by atoms with Gasteiger partial charge in [-0.1, -0.05) is 37.8 Å². The van der Waals surface area contributed by atoms with Gasteiger partial charge < -0.3 is 4.90 Å². The minimum Gasteiger partial charge on any atom is -0.338 e. The predicted molar refractivity (Wildman–Crippen MR) is 118 cm³/mol. The van der Waals surface area contributed by atoms with E-state index in [0.29, 0.717) is 23.6 Å². The molecule has 0 spiro atoms. The van der Waals surface area contributed by atoms with Crippen molar-refractivity contribution < 1.29 is 17.6 Å². The number of benzene rings is 1. The molecule has 0 bridgehead atoms. The molecule has 1 N–H and O–H groups in total. The SMILES string of the molecule is CCN(C(=O)C(C)C)C(Cc1cccc(C#CC2CC2)c1F)C(C)NS(=O)(=O)CC. The second-order valence-electron chi connectivity index (χ2n) is 8.18. The highest BCUT2D eigenvalue weighted by atomic mass is 32.2. The number of rotatable bonds is 9. The Hall–Kier alpha value is -1.91. The van der Waals surface area contributed by atoms with Gasteiger partial charge in [0, 0.05) is 24.4 Å². The molecule has 166 valence electrons. The Morgan fingerprint density at radius 2 is 1.93 bits per heavy atom. The Bertz CT molecular complexity index is 914. The van der Waals surface area contributed by atoms with Crippen LogP contribution in [0.2, 0.25) is 0 Å². The largest absolute Gasteiger partial charge is 0.338 e. The standard InChI is InChI=1S/C23H33FN2O3S/c1-6-26(23(27)16(3)4)21(17(5)25-30(28,29)7-2)15-20-10-8-9-19(22(20)24)14-13-18-11-12-18/h8-10,16-18,21,25H,6-7,11-12,15H2,1-5H3. The van der Waals surface area contributed by atoms with Gasteiger partial charge in [-0.2, -0.15) is 0 Å². The molecule has 2 unspecified atom stereocenters. The van der Waals surface area contributed by atoms with Crippen molar-refractivity contribution >= 4 is 15.9 Å². The fourth-order valence-corrected chi connectivity index (χ4v) is 4.24. The maximum absolute atomic E-state index is 15.2. The maximum atomic E-state index is 15.2. The molecule has 1 saturated carbocycles. The van der Waals surface area contributed by atoms with Crippen molar-refractivity contribution in [2.45, 2.75) is 66.0 Å². The zero-order valence-electron chi connectivity index (χ0n) is 18.5. The number of hydrogen-bond acceptors (Lipinski definition) is 3. The van der Waals surface area contributed by atoms with Crippen molar-refractivity contribution in [1.82, 2.24) is 9.62 Å². The maximum Gasteiger partial charge on any atom is 0.225 e. The summed E-state index contributed by atoms with van der Waals surface area (Å²) in [6.45, 7) is 9.14. The smallest absolute Gasteiger partial charge is 0.225 e. The molecule has 0 aromatic heterocycles. The molecule has 1 aliphatic rings. The van der Waals surface area contributed by atoms with Crippen LogP contribution in [-0.4, -0.2) is 43.6 Å². The first-order valence-corrected chi connectivity index (χ1v) is 12.3. The summed E-state index contributed by atoms with van der Waals surface area (Å²) in [6, 6.07) is 4.00. The highest BCUT2D eigenvalue weighted by Crippen LogP contribution is 2.28. The molecule has 1 aliphatic carbocycles. The minimum absolute atomic E-state index is 0.0606.